The summed E-state index contributed by atoms with van der Waals surface area (Å²) < 4.78 is 15.0. The van der Waals surface area contributed by atoms with Crippen molar-refractivity contribution in [2.45, 2.75) is 0 Å². The van der Waals surface area contributed by atoms with Gasteiger partial charge in [-0.3, -0.25) is 0 Å². The minimum absolute atomic E-state index is 0.0458. The van der Waals surface area contributed by atoms with Crippen LogP contribution in [0.1, 0.15) is 11.1 Å². The molecule has 9 heteroatoms. The van der Waals surface area contributed by atoms with Crippen LogP contribution in [-0.2, 0) is 0 Å². The first-order chi connectivity index (χ1) is 14.0. The summed E-state index contributed by atoms with van der Waals surface area (Å²) in [6, 6.07) is 13.5. The van der Waals surface area contributed by atoms with Gasteiger partial charge in [0.25, 0.3) is 0 Å². The maximum atomic E-state index is 14.5. The van der Waals surface area contributed by atoms with Crippen LogP contribution >= 0.6 is 27.5 Å². The van der Waals surface area contributed by atoms with E-state index in [0.29, 0.717) is 27.1 Å². The number of nitrogens with zero attached hydrogens (tertiary/aromatic N) is 4. The number of allylic oxidation sites excluding steroid dienone is 1. The molecule has 0 aliphatic carbocycles. The predicted octanol–water partition coefficient (Wildman–Crippen LogP) is 5.93. The Balaban J connectivity index is 1.86. The van der Waals surface area contributed by atoms with E-state index in [0.717, 1.165) is 0 Å². The normalized spacial score (nSPS) is 10.4. The number of nitrogens with one attached hydrogen (secondary N) is 2. The lowest BCUT2D eigenvalue weighted by molar-refractivity contribution is 0.631. The molecular formula is C20H11BrClFN6. The Kier molecular flexibility index (Phi) is 6.40. The first kappa shape index (κ1) is 20.3. The van der Waals surface area contributed by atoms with Crippen LogP contribution in [-0.4, -0.2) is 9.97 Å². The van der Waals surface area contributed by atoms with E-state index in [1.807, 2.05) is 12.1 Å². The number of anilines is 4. The van der Waals surface area contributed by atoms with Crippen LogP contribution in [0.25, 0.3) is 6.08 Å². The van der Waals surface area contributed by atoms with Crippen LogP contribution in [0.3, 0.4) is 0 Å². The molecule has 0 spiro atoms. The second-order valence-electron chi connectivity index (χ2n) is 5.65. The predicted molar refractivity (Wildman–Crippen MR) is 114 cm³/mol. The molecule has 0 amide bonds. The topological polar surface area (TPSA) is 97.4 Å². The zero-order valence-electron chi connectivity index (χ0n) is 14.6. The summed E-state index contributed by atoms with van der Waals surface area (Å²) in [4.78, 5) is 8.50. The molecule has 0 aliphatic heterocycles. The van der Waals surface area contributed by atoms with Gasteiger partial charge in [0.1, 0.15) is 5.82 Å². The molecular weight excluding hydrogens is 459 g/mol. The molecule has 3 rings (SSSR count). The fourth-order valence-corrected chi connectivity index (χ4v) is 2.89. The number of rotatable bonds is 5. The minimum Gasteiger partial charge on any atom is -0.336 e. The molecule has 0 saturated heterocycles. The summed E-state index contributed by atoms with van der Waals surface area (Å²) in [7, 11) is 0. The van der Waals surface area contributed by atoms with Crippen LogP contribution in [0.15, 0.2) is 53.1 Å². The first-order valence-corrected chi connectivity index (χ1v) is 9.29. The number of aromatic nitrogens is 2. The van der Waals surface area contributed by atoms with Crippen LogP contribution in [0.2, 0.25) is 5.02 Å². The fourth-order valence-electron chi connectivity index (χ4n) is 2.33. The average Bonchev–Trinajstić information content (AvgIpc) is 2.72. The number of hydrogen-bond donors (Lipinski definition) is 2. The van der Waals surface area contributed by atoms with E-state index in [2.05, 4.69) is 36.5 Å². The zero-order chi connectivity index (χ0) is 20.8. The third kappa shape index (κ3) is 5.08. The molecule has 1 aromatic heterocycles. The van der Waals surface area contributed by atoms with Gasteiger partial charge in [0.2, 0.25) is 5.95 Å². The molecule has 0 aliphatic rings. The second kappa shape index (κ2) is 9.16. The summed E-state index contributed by atoms with van der Waals surface area (Å²) in [6.45, 7) is 0. The van der Waals surface area contributed by atoms with Crippen LogP contribution in [0.5, 0.6) is 0 Å². The molecule has 0 atom stereocenters. The minimum atomic E-state index is -0.595. The van der Waals surface area contributed by atoms with Gasteiger partial charge < -0.3 is 10.6 Å². The lowest BCUT2D eigenvalue weighted by Crippen LogP contribution is -2.03. The first-order valence-electron chi connectivity index (χ1n) is 8.12. The van der Waals surface area contributed by atoms with Gasteiger partial charge in [-0.2, -0.15) is 15.5 Å². The zero-order valence-corrected chi connectivity index (χ0v) is 17.0. The molecule has 2 N–H and O–H groups in total. The summed E-state index contributed by atoms with van der Waals surface area (Å²) >= 11 is 9.52. The molecule has 3 aromatic rings. The van der Waals surface area contributed by atoms with Crippen LogP contribution < -0.4 is 10.6 Å². The molecule has 0 unspecified atom stereocenters. The van der Waals surface area contributed by atoms with Crippen molar-refractivity contribution in [1.29, 1.82) is 10.5 Å². The van der Waals surface area contributed by atoms with Crippen molar-refractivity contribution >= 4 is 56.7 Å². The Hall–Kier alpha value is -3.46. The number of benzene rings is 2. The van der Waals surface area contributed by atoms with E-state index in [-0.39, 0.29) is 16.7 Å². The summed E-state index contributed by atoms with van der Waals surface area (Å²) in [5.41, 5.74) is 1.73. The van der Waals surface area contributed by atoms with Crippen molar-refractivity contribution in [3.8, 4) is 12.1 Å². The molecule has 2 aromatic carbocycles. The highest BCUT2D eigenvalue weighted by atomic mass is 79.9. The van der Waals surface area contributed by atoms with Crippen molar-refractivity contribution in [1.82, 2.24) is 9.97 Å². The Morgan fingerprint density at radius 1 is 1.14 bits per heavy atom. The van der Waals surface area contributed by atoms with Gasteiger partial charge in [-0.25, -0.2) is 9.37 Å². The van der Waals surface area contributed by atoms with E-state index >= 15 is 0 Å². The molecule has 1 heterocycles. The van der Waals surface area contributed by atoms with E-state index in [1.165, 1.54) is 30.5 Å². The Labute approximate surface area is 179 Å². The maximum absolute atomic E-state index is 14.5. The molecule has 142 valence electrons. The number of halogens is 3. The van der Waals surface area contributed by atoms with Crippen molar-refractivity contribution < 1.29 is 4.39 Å². The summed E-state index contributed by atoms with van der Waals surface area (Å²) in [5.74, 6) is -0.0232. The standard InChI is InChI=1S/C20H11BrClFN6/c21-15-11-26-20(27-14-5-3-12(10-25)4-6-14)29-19(15)28-18-16(22)8-13(2-1-7-24)9-17(18)23/h1-6,8-9,11H,(H2,26,27,28,29)/b2-1+. The Bertz CT molecular complexity index is 1140. The molecule has 0 fully saturated rings. The van der Waals surface area contributed by atoms with E-state index in [1.54, 1.807) is 24.3 Å². The Morgan fingerprint density at radius 2 is 1.90 bits per heavy atom. The van der Waals surface area contributed by atoms with Crippen molar-refractivity contribution in [3.05, 3.63) is 75.1 Å². The second-order valence-corrected chi connectivity index (χ2v) is 6.91. The van der Waals surface area contributed by atoms with Crippen LogP contribution in [0.4, 0.5) is 27.5 Å². The van der Waals surface area contributed by atoms with Crippen LogP contribution in [0, 0.1) is 28.5 Å². The lowest BCUT2D eigenvalue weighted by atomic mass is 10.2. The molecule has 0 radical (unpaired) electrons. The van der Waals surface area contributed by atoms with Gasteiger partial charge in [0.05, 0.1) is 32.9 Å². The highest BCUT2D eigenvalue weighted by molar-refractivity contribution is 9.10. The SMILES string of the molecule is N#C/C=C/c1cc(F)c(Nc2nc(Nc3ccc(C#N)cc3)ncc2Br)c(Cl)c1. The smallest absolute Gasteiger partial charge is 0.229 e. The highest BCUT2D eigenvalue weighted by Gasteiger charge is 2.13. The lowest BCUT2D eigenvalue weighted by Gasteiger charge is -2.13. The summed E-state index contributed by atoms with van der Waals surface area (Å²) in [5, 5.41) is 23.5. The highest BCUT2D eigenvalue weighted by Crippen LogP contribution is 2.32. The number of nitriles is 2. The van der Waals surface area contributed by atoms with Gasteiger partial charge >= 0.3 is 0 Å². The number of hydrogen-bond acceptors (Lipinski definition) is 6. The third-order valence-corrected chi connectivity index (χ3v) is 4.55. The largest absolute Gasteiger partial charge is 0.336 e. The van der Waals surface area contributed by atoms with Gasteiger partial charge in [0.15, 0.2) is 5.82 Å². The molecule has 0 bridgehead atoms. The van der Waals surface area contributed by atoms with E-state index in [9.17, 15) is 4.39 Å². The average molecular weight is 470 g/mol. The van der Waals surface area contributed by atoms with E-state index in [4.69, 9.17) is 22.1 Å². The third-order valence-electron chi connectivity index (χ3n) is 3.67. The molecule has 29 heavy (non-hydrogen) atoms. The Morgan fingerprint density at radius 3 is 2.55 bits per heavy atom. The quantitative estimate of drug-likeness (QED) is 0.450. The molecule has 0 saturated carbocycles. The maximum Gasteiger partial charge on any atom is 0.229 e. The van der Waals surface area contributed by atoms with Crippen molar-refractivity contribution in [2.75, 3.05) is 10.6 Å². The van der Waals surface area contributed by atoms with Gasteiger partial charge in [0, 0.05) is 18.0 Å². The van der Waals surface area contributed by atoms with E-state index < -0.39 is 5.82 Å². The summed E-state index contributed by atoms with van der Waals surface area (Å²) in [6.07, 6.45) is 4.20. The van der Waals surface area contributed by atoms with Gasteiger partial charge in [-0.1, -0.05) is 11.6 Å². The molecule has 6 nitrogen and oxygen atoms in total. The van der Waals surface area contributed by atoms with Gasteiger partial charge in [-0.15, -0.1) is 0 Å². The van der Waals surface area contributed by atoms with Crippen molar-refractivity contribution in [2.24, 2.45) is 0 Å². The monoisotopic (exact) mass is 468 g/mol. The van der Waals surface area contributed by atoms with Gasteiger partial charge in [-0.05, 0) is 64.0 Å². The van der Waals surface area contributed by atoms with Crippen molar-refractivity contribution in [3.63, 3.8) is 0 Å². The fraction of sp³-hybridized carbons (Fsp3) is 0.